The van der Waals surface area contributed by atoms with E-state index in [-0.39, 0.29) is 11.7 Å². The van der Waals surface area contributed by atoms with Gasteiger partial charge in [0, 0.05) is 36.8 Å². The van der Waals surface area contributed by atoms with Gasteiger partial charge in [0.15, 0.2) is 0 Å². The number of hydrogen-bond donors (Lipinski definition) is 2. The quantitative estimate of drug-likeness (QED) is 0.315. The molecule has 1 aromatic carbocycles. The van der Waals surface area contributed by atoms with Gasteiger partial charge in [0.1, 0.15) is 11.5 Å². The Bertz CT molecular complexity index is 1410. The van der Waals surface area contributed by atoms with Crippen molar-refractivity contribution in [3.63, 3.8) is 0 Å². The highest BCUT2D eigenvalue weighted by molar-refractivity contribution is 6.07. The molecule has 194 valence electrons. The lowest BCUT2D eigenvalue weighted by atomic mass is 10.0. The summed E-state index contributed by atoms with van der Waals surface area (Å²) >= 11 is 0. The van der Waals surface area contributed by atoms with Gasteiger partial charge in [0.25, 0.3) is 5.91 Å². The van der Waals surface area contributed by atoms with Gasteiger partial charge in [-0.1, -0.05) is 0 Å². The number of hydrogen-bond acceptors (Lipinski definition) is 7. The molecule has 4 rings (SSSR count). The maximum atomic E-state index is 13.7. The van der Waals surface area contributed by atoms with E-state index in [1.165, 1.54) is 0 Å². The molecule has 1 amide bonds. The van der Waals surface area contributed by atoms with E-state index in [0.717, 1.165) is 42.2 Å². The predicted molar refractivity (Wildman–Crippen MR) is 144 cm³/mol. The first-order chi connectivity index (χ1) is 17.8. The number of amides is 1. The second-order valence-electron chi connectivity index (χ2n) is 9.07. The molecule has 0 aliphatic carbocycles. The number of aromatic hydroxyl groups is 1. The monoisotopic (exact) mass is 502 g/mol. The van der Waals surface area contributed by atoms with Crippen molar-refractivity contribution in [3.05, 3.63) is 65.1 Å². The Kier molecular flexibility index (Phi) is 8.03. The number of nitrogens with zero attached hydrogens (tertiary/aromatic N) is 5. The van der Waals surface area contributed by atoms with E-state index >= 15 is 0 Å². The zero-order valence-corrected chi connectivity index (χ0v) is 22.1. The third-order valence-corrected chi connectivity index (χ3v) is 6.41. The number of carbonyl (C=O) groups is 1. The van der Waals surface area contributed by atoms with Gasteiger partial charge in [-0.25, -0.2) is 9.97 Å². The van der Waals surface area contributed by atoms with Crippen LogP contribution in [-0.4, -0.2) is 62.9 Å². The van der Waals surface area contributed by atoms with Crippen molar-refractivity contribution in [2.45, 2.75) is 40.3 Å². The number of nitrogens with one attached hydrogen (secondary N) is 1. The van der Waals surface area contributed by atoms with E-state index < -0.39 is 0 Å². The van der Waals surface area contributed by atoms with Crippen LogP contribution in [0.4, 0.5) is 0 Å². The Morgan fingerprint density at radius 3 is 2.65 bits per heavy atom. The summed E-state index contributed by atoms with van der Waals surface area (Å²) in [6.45, 7) is 8.61. The number of fused-ring (bicyclic) bond motifs is 1. The van der Waals surface area contributed by atoms with E-state index in [2.05, 4.69) is 10.4 Å². The first-order valence-corrected chi connectivity index (χ1v) is 12.5. The third kappa shape index (κ3) is 5.72. The Morgan fingerprint density at radius 2 is 1.95 bits per heavy atom. The van der Waals surface area contributed by atoms with Crippen LogP contribution >= 0.6 is 0 Å². The summed E-state index contributed by atoms with van der Waals surface area (Å²) < 4.78 is 7.77. The fourth-order valence-corrected chi connectivity index (χ4v) is 4.29. The SMILES string of the molecule is CCn1ncc(CN(C)C(=O)c2cc(-c3ccc(OCCCNC)c(C)n3)nc3ccc(O)cc23)c1C. The summed E-state index contributed by atoms with van der Waals surface area (Å²) in [4.78, 5) is 24.8. The number of aromatic nitrogens is 4. The smallest absolute Gasteiger partial charge is 0.254 e. The minimum Gasteiger partial charge on any atom is -0.508 e. The summed E-state index contributed by atoms with van der Waals surface area (Å²) in [5.74, 6) is 0.626. The molecule has 0 saturated carbocycles. The summed E-state index contributed by atoms with van der Waals surface area (Å²) in [6, 6.07) is 10.4. The number of aryl methyl sites for hydroxylation is 2. The fourth-order valence-electron chi connectivity index (χ4n) is 4.29. The van der Waals surface area contributed by atoms with E-state index in [0.29, 0.717) is 41.0 Å². The van der Waals surface area contributed by atoms with Gasteiger partial charge in [-0.05, 0) is 77.2 Å². The number of pyridine rings is 2. The summed E-state index contributed by atoms with van der Waals surface area (Å²) in [5, 5.41) is 18.2. The molecule has 0 bridgehead atoms. The molecule has 0 aliphatic heterocycles. The average molecular weight is 503 g/mol. The lowest BCUT2D eigenvalue weighted by molar-refractivity contribution is 0.0787. The molecule has 0 atom stereocenters. The highest BCUT2D eigenvalue weighted by Crippen LogP contribution is 2.29. The fraction of sp³-hybridized carbons (Fsp3) is 0.357. The maximum Gasteiger partial charge on any atom is 0.254 e. The highest BCUT2D eigenvalue weighted by Gasteiger charge is 2.20. The van der Waals surface area contributed by atoms with E-state index in [1.54, 1.807) is 42.4 Å². The van der Waals surface area contributed by atoms with Gasteiger partial charge in [0.05, 0.1) is 41.0 Å². The van der Waals surface area contributed by atoms with Gasteiger partial charge in [-0.15, -0.1) is 0 Å². The van der Waals surface area contributed by atoms with Crippen LogP contribution < -0.4 is 10.1 Å². The van der Waals surface area contributed by atoms with Crippen LogP contribution in [0.1, 0.15) is 40.7 Å². The number of benzene rings is 1. The van der Waals surface area contributed by atoms with Crippen LogP contribution in [0.25, 0.3) is 22.3 Å². The predicted octanol–water partition coefficient (Wildman–Crippen LogP) is 4.10. The maximum absolute atomic E-state index is 13.7. The molecule has 9 heteroatoms. The molecule has 0 saturated heterocycles. The third-order valence-electron chi connectivity index (χ3n) is 6.41. The van der Waals surface area contributed by atoms with Crippen LogP contribution in [0.3, 0.4) is 0 Å². The average Bonchev–Trinajstić information content (AvgIpc) is 3.25. The van der Waals surface area contributed by atoms with Crippen LogP contribution in [0, 0.1) is 13.8 Å². The zero-order chi connectivity index (χ0) is 26.5. The van der Waals surface area contributed by atoms with Crippen molar-refractivity contribution >= 4 is 16.8 Å². The molecule has 9 nitrogen and oxygen atoms in total. The lowest BCUT2D eigenvalue weighted by Crippen LogP contribution is -2.26. The topological polar surface area (TPSA) is 105 Å². The number of phenolic OH excluding ortho intramolecular Hbond substituents is 1. The van der Waals surface area contributed by atoms with Crippen LogP contribution in [0.5, 0.6) is 11.5 Å². The summed E-state index contributed by atoms with van der Waals surface area (Å²) in [6.07, 6.45) is 2.70. The van der Waals surface area contributed by atoms with Crippen molar-refractivity contribution in [1.29, 1.82) is 0 Å². The molecular formula is C28H34N6O3. The lowest BCUT2D eigenvalue weighted by Gasteiger charge is -2.19. The summed E-state index contributed by atoms with van der Waals surface area (Å²) in [7, 11) is 3.68. The van der Waals surface area contributed by atoms with Gasteiger partial charge in [-0.3, -0.25) is 9.48 Å². The largest absolute Gasteiger partial charge is 0.508 e. The van der Waals surface area contributed by atoms with Crippen LogP contribution in [-0.2, 0) is 13.1 Å². The number of rotatable bonds is 10. The number of phenols is 1. The van der Waals surface area contributed by atoms with Crippen molar-refractivity contribution in [2.24, 2.45) is 0 Å². The second-order valence-corrected chi connectivity index (χ2v) is 9.07. The van der Waals surface area contributed by atoms with Crippen molar-refractivity contribution in [1.82, 2.24) is 30.0 Å². The molecule has 0 spiro atoms. The minimum atomic E-state index is -0.177. The Hall–Kier alpha value is -3.98. The van der Waals surface area contributed by atoms with Crippen LogP contribution in [0.2, 0.25) is 0 Å². The highest BCUT2D eigenvalue weighted by atomic mass is 16.5. The summed E-state index contributed by atoms with van der Waals surface area (Å²) in [5.41, 5.74) is 5.05. The standard InChI is InChI=1S/C28H34N6O3/c1-6-34-19(3)20(16-30-34)17-33(5)28(36)23-15-26(32-24-9-8-21(35)14-22(23)24)25-10-11-27(18(2)31-25)37-13-7-12-29-4/h8-11,14-16,29,35H,6-7,12-13,17H2,1-5H3. The molecule has 3 aromatic heterocycles. The van der Waals surface area contributed by atoms with Gasteiger partial charge >= 0.3 is 0 Å². The molecule has 4 aromatic rings. The van der Waals surface area contributed by atoms with E-state index in [1.807, 2.05) is 44.6 Å². The van der Waals surface area contributed by atoms with Crippen molar-refractivity contribution in [3.8, 4) is 22.9 Å². The molecule has 0 fully saturated rings. The minimum absolute atomic E-state index is 0.0764. The Morgan fingerprint density at radius 1 is 1.14 bits per heavy atom. The molecule has 37 heavy (non-hydrogen) atoms. The van der Waals surface area contributed by atoms with Gasteiger partial charge in [-0.2, -0.15) is 5.10 Å². The molecule has 0 unspecified atom stereocenters. The first kappa shape index (κ1) is 26.1. The van der Waals surface area contributed by atoms with Crippen molar-refractivity contribution in [2.75, 3.05) is 27.2 Å². The Labute approximate surface area is 217 Å². The van der Waals surface area contributed by atoms with E-state index in [4.69, 9.17) is 14.7 Å². The molecule has 0 radical (unpaired) electrons. The normalized spacial score (nSPS) is 11.2. The molecular weight excluding hydrogens is 468 g/mol. The van der Waals surface area contributed by atoms with Gasteiger partial charge in [0.2, 0.25) is 0 Å². The number of carbonyl (C=O) groups excluding carboxylic acids is 1. The molecule has 3 heterocycles. The van der Waals surface area contributed by atoms with Gasteiger partial charge < -0.3 is 20.1 Å². The van der Waals surface area contributed by atoms with Crippen LogP contribution in [0.15, 0.2) is 42.6 Å². The zero-order valence-electron chi connectivity index (χ0n) is 22.1. The first-order valence-electron chi connectivity index (χ1n) is 12.5. The molecule has 0 aliphatic rings. The second kappa shape index (κ2) is 11.4. The number of ether oxygens (including phenoxy) is 1. The Balaban J connectivity index is 1.67. The van der Waals surface area contributed by atoms with E-state index in [9.17, 15) is 9.90 Å². The van der Waals surface area contributed by atoms with Crippen molar-refractivity contribution < 1.29 is 14.6 Å². The molecule has 2 N–H and O–H groups in total.